The Bertz CT molecular complexity index is 866. The SMILES string of the molecule is NC(=O)COC(=O)c1cccc(S(=O)(=O)Nc2ccc(Cl)cc2)c1. The van der Waals surface area contributed by atoms with Gasteiger partial charge in [-0.25, -0.2) is 13.2 Å². The molecule has 0 bridgehead atoms. The number of carbonyl (C=O) groups excluding carboxylic acids is 2. The highest BCUT2D eigenvalue weighted by Crippen LogP contribution is 2.19. The number of nitrogens with two attached hydrogens (primary N) is 1. The van der Waals surface area contributed by atoms with E-state index in [1.54, 1.807) is 0 Å². The fourth-order valence-corrected chi connectivity index (χ4v) is 2.97. The Hall–Kier alpha value is -2.58. The zero-order chi connectivity index (χ0) is 17.7. The molecule has 0 aromatic heterocycles. The second-order valence-electron chi connectivity index (χ2n) is 4.68. The first kappa shape index (κ1) is 17.8. The molecule has 2 aromatic carbocycles. The minimum atomic E-state index is -3.91. The van der Waals surface area contributed by atoms with Crippen LogP contribution in [-0.4, -0.2) is 26.9 Å². The lowest BCUT2D eigenvalue weighted by molar-refractivity contribution is -0.121. The van der Waals surface area contributed by atoms with E-state index in [1.807, 2.05) is 0 Å². The van der Waals surface area contributed by atoms with Crippen LogP contribution in [0.3, 0.4) is 0 Å². The normalized spacial score (nSPS) is 10.9. The number of benzene rings is 2. The van der Waals surface area contributed by atoms with Crippen molar-refractivity contribution in [1.29, 1.82) is 0 Å². The van der Waals surface area contributed by atoms with E-state index in [0.717, 1.165) is 6.07 Å². The number of carbonyl (C=O) groups is 2. The van der Waals surface area contributed by atoms with E-state index in [9.17, 15) is 18.0 Å². The molecule has 9 heteroatoms. The molecule has 0 fully saturated rings. The van der Waals surface area contributed by atoms with Gasteiger partial charge in [0.05, 0.1) is 10.5 Å². The standard InChI is InChI=1S/C15H13ClN2O5S/c16-11-4-6-12(7-5-11)18-24(21,22)13-3-1-2-10(8-13)15(20)23-9-14(17)19/h1-8,18H,9H2,(H2,17,19). The van der Waals surface area contributed by atoms with Crippen molar-refractivity contribution in [2.45, 2.75) is 4.90 Å². The summed E-state index contributed by atoms with van der Waals surface area (Å²) < 4.78 is 31.7. The molecule has 3 N–H and O–H groups in total. The molecule has 0 atom stereocenters. The number of hydrogen-bond donors (Lipinski definition) is 2. The summed E-state index contributed by atoms with van der Waals surface area (Å²) in [7, 11) is -3.91. The van der Waals surface area contributed by atoms with Gasteiger partial charge in [-0.05, 0) is 42.5 Å². The predicted octanol–water partition coefficient (Wildman–Crippen LogP) is 1.78. The monoisotopic (exact) mass is 368 g/mol. The molecule has 0 saturated heterocycles. The maximum absolute atomic E-state index is 12.4. The van der Waals surface area contributed by atoms with Gasteiger partial charge >= 0.3 is 5.97 Å². The molecular weight excluding hydrogens is 356 g/mol. The second kappa shape index (κ2) is 7.33. The molecule has 126 valence electrons. The number of sulfonamides is 1. The highest BCUT2D eigenvalue weighted by atomic mass is 35.5. The summed E-state index contributed by atoms with van der Waals surface area (Å²) in [5, 5.41) is 0.470. The van der Waals surface area contributed by atoms with Gasteiger partial charge in [-0.3, -0.25) is 9.52 Å². The van der Waals surface area contributed by atoms with Crippen molar-refractivity contribution < 1.29 is 22.7 Å². The zero-order valence-corrected chi connectivity index (χ0v) is 13.8. The number of primary amides is 1. The van der Waals surface area contributed by atoms with Crippen LogP contribution < -0.4 is 10.5 Å². The van der Waals surface area contributed by atoms with E-state index in [2.05, 4.69) is 9.46 Å². The molecule has 1 amide bonds. The van der Waals surface area contributed by atoms with E-state index < -0.39 is 28.5 Å². The number of rotatable bonds is 6. The summed E-state index contributed by atoms with van der Waals surface area (Å²) in [6.07, 6.45) is 0. The summed E-state index contributed by atoms with van der Waals surface area (Å²) in [4.78, 5) is 22.2. The summed E-state index contributed by atoms with van der Waals surface area (Å²) >= 11 is 5.75. The van der Waals surface area contributed by atoms with Gasteiger partial charge in [-0.15, -0.1) is 0 Å². The van der Waals surface area contributed by atoms with Crippen LogP contribution in [0.5, 0.6) is 0 Å². The van der Waals surface area contributed by atoms with Crippen molar-refractivity contribution in [2.75, 3.05) is 11.3 Å². The van der Waals surface area contributed by atoms with Crippen LogP contribution in [0.4, 0.5) is 5.69 Å². The number of esters is 1. The molecule has 2 rings (SSSR count). The first-order valence-corrected chi connectivity index (χ1v) is 8.48. The number of halogens is 1. The van der Waals surface area contributed by atoms with Crippen LogP contribution in [0.15, 0.2) is 53.4 Å². The Kier molecular flexibility index (Phi) is 5.42. The van der Waals surface area contributed by atoms with Crippen LogP contribution in [0.1, 0.15) is 10.4 Å². The fraction of sp³-hybridized carbons (Fsp3) is 0.0667. The highest BCUT2D eigenvalue weighted by molar-refractivity contribution is 7.92. The summed E-state index contributed by atoms with van der Waals surface area (Å²) in [6.45, 7) is -0.584. The Morgan fingerprint density at radius 3 is 2.42 bits per heavy atom. The van der Waals surface area contributed by atoms with Crippen LogP contribution in [0.2, 0.25) is 5.02 Å². The van der Waals surface area contributed by atoms with Gasteiger partial charge in [-0.1, -0.05) is 17.7 Å². The molecule has 0 saturated carbocycles. The Balaban J connectivity index is 2.21. The van der Waals surface area contributed by atoms with Crippen LogP contribution in [0, 0.1) is 0 Å². The van der Waals surface area contributed by atoms with Gasteiger partial charge in [0, 0.05) is 10.7 Å². The molecule has 0 aliphatic heterocycles. The second-order valence-corrected chi connectivity index (χ2v) is 6.80. The minimum absolute atomic E-state index is 0.0183. The number of anilines is 1. The number of nitrogens with one attached hydrogen (secondary N) is 1. The summed E-state index contributed by atoms with van der Waals surface area (Å²) in [5.41, 5.74) is 5.19. The van der Waals surface area contributed by atoms with Gasteiger partial charge in [0.1, 0.15) is 0 Å². The average molecular weight is 369 g/mol. The van der Waals surface area contributed by atoms with Crippen LogP contribution >= 0.6 is 11.6 Å². The van der Waals surface area contributed by atoms with Crippen LogP contribution in [0.25, 0.3) is 0 Å². The maximum Gasteiger partial charge on any atom is 0.338 e. The van der Waals surface area contributed by atoms with E-state index in [1.165, 1.54) is 42.5 Å². The van der Waals surface area contributed by atoms with E-state index in [-0.39, 0.29) is 10.5 Å². The molecule has 0 aliphatic rings. The van der Waals surface area contributed by atoms with E-state index >= 15 is 0 Å². The molecule has 24 heavy (non-hydrogen) atoms. The quantitative estimate of drug-likeness (QED) is 0.754. The lowest BCUT2D eigenvalue weighted by atomic mass is 10.2. The Labute approximate surface area is 143 Å². The minimum Gasteiger partial charge on any atom is -0.452 e. The van der Waals surface area contributed by atoms with Gasteiger partial charge < -0.3 is 10.5 Å². The van der Waals surface area contributed by atoms with E-state index in [4.69, 9.17) is 17.3 Å². The third-order valence-corrected chi connectivity index (χ3v) is 4.45. The fourth-order valence-electron chi connectivity index (χ4n) is 1.74. The van der Waals surface area contributed by atoms with Gasteiger partial charge in [0.2, 0.25) is 0 Å². The molecule has 0 radical (unpaired) electrons. The number of hydrogen-bond acceptors (Lipinski definition) is 5. The van der Waals surface area contributed by atoms with Crippen molar-refractivity contribution in [1.82, 2.24) is 0 Å². The molecular formula is C15H13ClN2O5S. The van der Waals surface area contributed by atoms with Crippen molar-refractivity contribution in [3.63, 3.8) is 0 Å². The van der Waals surface area contributed by atoms with E-state index in [0.29, 0.717) is 10.7 Å². The molecule has 0 aliphatic carbocycles. The molecule has 7 nitrogen and oxygen atoms in total. The molecule has 0 unspecified atom stereocenters. The Morgan fingerprint density at radius 2 is 1.79 bits per heavy atom. The highest BCUT2D eigenvalue weighted by Gasteiger charge is 2.17. The summed E-state index contributed by atoms with van der Waals surface area (Å²) in [6, 6.07) is 11.3. The van der Waals surface area contributed by atoms with Crippen LogP contribution in [-0.2, 0) is 19.6 Å². The summed E-state index contributed by atoms with van der Waals surface area (Å²) in [5.74, 6) is -1.66. The van der Waals surface area contributed by atoms with Crippen molar-refractivity contribution in [3.8, 4) is 0 Å². The zero-order valence-electron chi connectivity index (χ0n) is 12.2. The predicted molar refractivity (Wildman–Crippen MR) is 88.2 cm³/mol. The first-order chi connectivity index (χ1) is 11.3. The number of amides is 1. The number of ether oxygens (including phenoxy) is 1. The van der Waals surface area contributed by atoms with Gasteiger partial charge in [0.15, 0.2) is 6.61 Å². The van der Waals surface area contributed by atoms with Crippen molar-refractivity contribution in [2.24, 2.45) is 5.73 Å². The van der Waals surface area contributed by atoms with Gasteiger partial charge in [-0.2, -0.15) is 0 Å². The third-order valence-electron chi connectivity index (χ3n) is 2.82. The van der Waals surface area contributed by atoms with Crippen molar-refractivity contribution >= 4 is 39.2 Å². The molecule has 2 aromatic rings. The smallest absolute Gasteiger partial charge is 0.338 e. The molecule has 0 spiro atoms. The lowest BCUT2D eigenvalue weighted by Gasteiger charge is -2.09. The molecule has 0 heterocycles. The first-order valence-electron chi connectivity index (χ1n) is 6.62. The Morgan fingerprint density at radius 1 is 1.12 bits per heavy atom. The lowest BCUT2D eigenvalue weighted by Crippen LogP contribution is -2.21. The topological polar surface area (TPSA) is 116 Å². The maximum atomic E-state index is 12.4. The van der Waals surface area contributed by atoms with Gasteiger partial charge in [0.25, 0.3) is 15.9 Å². The largest absolute Gasteiger partial charge is 0.452 e. The average Bonchev–Trinajstić information content (AvgIpc) is 2.54. The third kappa shape index (κ3) is 4.71. The van der Waals surface area contributed by atoms with Crippen molar-refractivity contribution in [3.05, 3.63) is 59.1 Å².